The number of amides is 1. The lowest BCUT2D eigenvalue weighted by molar-refractivity contribution is -1.02. The van der Waals surface area contributed by atoms with Gasteiger partial charge in [-0.25, -0.2) is 4.39 Å². The summed E-state index contributed by atoms with van der Waals surface area (Å²) in [6.07, 6.45) is 3.11. The molecule has 1 saturated heterocycles. The van der Waals surface area contributed by atoms with E-state index in [1.807, 2.05) is 11.0 Å². The maximum Gasteiger partial charge on any atom is 0.278 e. The van der Waals surface area contributed by atoms with Crippen molar-refractivity contribution >= 4 is 11.5 Å². The monoisotopic (exact) mass is 425 g/mol. The van der Waals surface area contributed by atoms with Crippen molar-refractivity contribution in [2.24, 2.45) is 0 Å². The van der Waals surface area contributed by atoms with Crippen LogP contribution in [0, 0.1) is 5.82 Å². The van der Waals surface area contributed by atoms with Crippen LogP contribution in [0.25, 0.3) is 5.57 Å². The molecule has 0 unspecified atom stereocenters. The van der Waals surface area contributed by atoms with Crippen LogP contribution in [-0.4, -0.2) is 63.7 Å². The highest BCUT2D eigenvalue weighted by Crippen LogP contribution is 2.22. The smallest absolute Gasteiger partial charge is 0.278 e. The SMILES string of the molecule is COc1ccc(F)cc1C[NH+]1CC[NH+](CC(=O)N2CC=C(c3ccccc3)CC2)CC1. The van der Waals surface area contributed by atoms with Gasteiger partial charge in [-0.3, -0.25) is 4.79 Å². The van der Waals surface area contributed by atoms with Gasteiger partial charge in [0.05, 0.1) is 12.7 Å². The van der Waals surface area contributed by atoms with E-state index < -0.39 is 0 Å². The van der Waals surface area contributed by atoms with Gasteiger partial charge in [-0.05, 0) is 35.8 Å². The van der Waals surface area contributed by atoms with Gasteiger partial charge < -0.3 is 19.4 Å². The van der Waals surface area contributed by atoms with E-state index in [1.54, 1.807) is 19.2 Å². The Morgan fingerprint density at radius 1 is 1.06 bits per heavy atom. The summed E-state index contributed by atoms with van der Waals surface area (Å²) < 4.78 is 19.0. The number of rotatable bonds is 6. The normalized spacial score (nSPS) is 21.5. The standard InChI is InChI=1S/C25H30FN3O2/c1-31-24-8-7-23(26)17-22(24)18-27-13-15-28(16-14-27)19-25(30)29-11-9-21(10-12-29)20-5-3-2-4-6-20/h2-9,17H,10-16,18-19H2,1H3/p+2. The van der Waals surface area contributed by atoms with E-state index >= 15 is 0 Å². The summed E-state index contributed by atoms with van der Waals surface area (Å²) in [6.45, 7) is 6.67. The predicted octanol–water partition coefficient (Wildman–Crippen LogP) is 0.434. The maximum absolute atomic E-state index is 13.6. The molecule has 0 atom stereocenters. The molecule has 6 heteroatoms. The highest BCUT2D eigenvalue weighted by atomic mass is 19.1. The number of quaternary nitrogens is 2. The Morgan fingerprint density at radius 3 is 2.48 bits per heavy atom. The van der Waals surface area contributed by atoms with Crippen molar-refractivity contribution in [1.82, 2.24) is 4.90 Å². The number of hydrogen-bond acceptors (Lipinski definition) is 2. The van der Waals surface area contributed by atoms with Crippen LogP contribution in [0.3, 0.4) is 0 Å². The average Bonchev–Trinajstić information content (AvgIpc) is 2.81. The van der Waals surface area contributed by atoms with E-state index in [0.29, 0.717) is 13.1 Å². The summed E-state index contributed by atoms with van der Waals surface area (Å²) in [5.41, 5.74) is 3.50. The molecule has 2 heterocycles. The molecule has 2 aliphatic heterocycles. The van der Waals surface area contributed by atoms with Crippen molar-refractivity contribution in [3.63, 3.8) is 0 Å². The fourth-order valence-electron chi connectivity index (χ4n) is 4.60. The average molecular weight is 426 g/mol. The third kappa shape index (κ3) is 5.51. The fraction of sp³-hybridized carbons (Fsp3) is 0.400. The third-order valence-electron chi connectivity index (χ3n) is 6.45. The summed E-state index contributed by atoms with van der Waals surface area (Å²) in [5, 5.41) is 0. The molecular weight excluding hydrogens is 393 g/mol. The molecule has 4 rings (SSSR count). The summed E-state index contributed by atoms with van der Waals surface area (Å²) in [4.78, 5) is 17.6. The number of ether oxygens (including phenoxy) is 1. The zero-order valence-corrected chi connectivity index (χ0v) is 18.2. The molecule has 1 fully saturated rings. The molecule has 2 aromatic carbocycles. The zero-order valence-electron chi connectivity index (χ0n) is 18.2. The molecule has 0 aromatic heterocycles. The number of hydrogen-bond donors (Lipinski definition) is 2. The summed E-state index contributed by atoms with van der Waals surface area (Å²) in [7, 11) is 1.62. The van der Waals surface area contributed by atoms with Crippen LogP contribution in [0.2, 0.25) is 0 Å². The topological polar surface area (TPSA) is 38.4 Å². The maximum atomic E-state index is 13.6. The van der Waals surface area contributed by atoms with Gasteiger partial charge in [0.2, 0.25) is 0 Å². The summed E-state index contributed by atoms with van der Waals surface area (Å²) in [5.74, 6) is 0.761. The van der Waals surface area contributed by atoms with Crippen molar-refractivity contribution < 1.29 is 23.7 Å². The fourth-order valence-corrected chi connectivity index (χ4v) is 4.60. The Labute approximate surface area is 183 Å². The van der Waals surface area contributed by atoms with Crippen molar-refractivity contribution in [1.29, 1.82) is 0 Å². The molecule has 0 aliphatic carbocycles. The Balaban J connectivity index is 1.24. The number of carbonyl (C=O) groups excluding carboxylic acids is 1. The Bertz CT molecular complexity index is 924. The van der Waals surface area contributed by atoms with Crippen LogP contribution in [0.1, 0.15) is 17.5 Å². The third-order valence-corrected chi connectivity index (χ3v) is 6.45. The second-order valence-corrected chi connectivity index (χ2v) is 8.49. The van der Waals surface area contributed by atoms with Gasteiger partial charge in [0.25, 0.3) is 5.91 Å². The van der Waals surface area contributed by atoms with Crippen LogP contribution < -0.4 is 14.5 Å². The van der Waals surface area contributed by atoms with Gasteiger partial charge in [0, 0.05) is 13.1 Å². The molecule has 0 saturated carbocycles. The molecule has 2 aromatic rings. The van der Waals surface area contributed by atoms with E-state index in [-0.39, 0.29) is 11.7 Å². The van der Waals surface area contributed by atoms with Crippen molar-refractivity contribution in [3.8, 4) is 5.75 Å². The van der Waals surface area contributed by atoms with Gasteiger partial charge in [-0.1, -0.05) is 36.4 Å². The van der Waals surface area contributed by atoms with Crippen LogP contribution in [0.15, 0.2) is 54.6 Å². The highest BCUT2D eigenvalue weighted by molar-refractivity contribution is 5.79. The van der Waals surface area contributed by atoms with E-state index in [4.69, 9.17) is 4.74 Å². The van der Waals surface area contributed by atoms with Gasteiger partial charge >= 0.3 is 0 Å². The van der Waals surface area contributed by atoms with Crippen LogP contribution in [0.5, 0.6) is 5.75 Å². The molecule has 2 N–H and O–H groups in total. The van der Waals surface area contributed by atoms with Crippen molar-refractivity contribution in [2.75, 3.05) is 52.9 Å². The molecule has 0 spiro atoms. The minimum absolute atomic E-state index is 0.226. The first-order valence-corrected chi connectivity index (χ1v) is 11.1. The number of halogens is 1. The molecule has 0 radical (unpaired) electrons. The second kappa shape index (κ2) is 10.1. The van der Waals surface area contributed by atoms with Gasteiger partial charge in [0.1, 0.15) is 44.3 Å². The Hall–Kier alpha value is -2.70. The molecule has 5 nitrogen and oxygen atoms in total. The van der Waals surface area contributed by atoms with E-state index in [1.165, 1.54) is 27.0 Å². The number of methoxy groups -OCH3 is 1. The number of carbonyl (C=O) groups is 1. The Morgan fingerprint density at radius 2 is 1.81 bits per heavy atom. The number of benzene rings is 2. The lowest BCUT2D eigenvalue weighted by Crippen LogP contribution is -3.28. The van der Waals surface area contributed by atoms with Gasteiger partial charge in [-0.15, -0.1) is 0 Å². The largest absolute Gasteiger partial charge is 0.496 e. The summed E-state index contributed by atoms with van der Waals surface area (Å²) >= 11 is 0. The van der Waals surface area contributed by atoms with Crippen molar-refractivity contribution in [2.45, 2.75) is 13.0 Å². The first-order valence-electron chi connectivity index (χ1n) is 11.1. The number of nitrogens with one attached hydrogen (secondary N) is 2. The van der Waals surface area contributed by atoms with E-state index in [9.17, 15) is 9.18 Å². The molecule has 31 heavy (non-hydrogen) atoms. The minimum atomic E-state index is -0.226. The van der Waals surface area contributed by atoms with Gasteiger partial charge in [0.15, 0.2) is 6.54 Å². The highest BCUT2D eigenvalue weighted by Gasteiger charge is 2.28. The molecule has 1 amide bonds. The number of nitrogens with zero attached hydrogens (tertiary/aromatic N) is 1. The van der Waals surface area contributed by atoms with Gasteiger partial charge in [-0.2, -0.15) is 0 Å². The summed E-state index contributed by atoms with van der Waals surface area (Å²) in [6, 6.07) is 15.1. The molecule has 0 bridgehead atoms. The predicted molar refractivity (Wildman–Crippen MR) is 119 cm³/mol. The minimum Gasteiger partial charge on any atom is -0.496 e. The first kappa shape index (κ1) is 21.5. The second-order valence-electron chi connectivity index (χ2n) is 8.49. The lowest BCUT2D eigenvalue weighted by Gasteiger charge is -2.32. The van der Waals surface area contributed by atoms with Crippen LogP contribution in [0.4, 0.5) is 4.39 Å². The Kier molecular flexibility index (Phi) is 6.99. The quantitative estimate of drug-likeness (QED) is 0.705. The molecule has 2 aliphatic rings. The van der Waals surface area contributed by atoms with E-state index in [0.717, 1.165) is 57.0 Å². The lowest BCUT2D eigenvalue weighted by atomic mass is 9.99. The van der Waals surface area contributed by atoms with Crippen molar-refractivity contribution in [3.05, 3.63) is 71.6 Å². The first-order chi connectivity index (χ1) is 15.1. The number of piperazine rings is 1. The molecule has 164 valence electrons. The van der Waals surface area contributed by atoms with Crippen LogP contribution >= 0.6 is 0 Å². The van der Waals surface area contributed by atoms with E-state index in [2.05, 4.69) is 30.3 Å². The molecular formula is C25H32FN3O2+2. The van der Waals surface area contributed by atoms with Crippen LogP contribution in [-0.2, 0) is 11.3 Å². The zero-order chi connectivity index (χ0) is 21.6.